The van der Waals surface area contributed by atoms with Crippen LogP contribution in [0.1, 0.15) is 25.1 Å². The minimum atomic E-state index is -4.37. The van der Waals surface area contributed by atoms with Crippen molar-refractivity contribution in [1.82, 2.24) is 15.0 Å². The number of benzene rings is 1. The van der Waals surface area contributed by atoms with Crippen LogP contribution in [0.2, 0.25) is 0 Å². The van der Waals surface area contributed by atoms with Crippen molar-refractivity contribution in [3.05, 3.63) is 47.8 Å². The smallest absolute Gasteiger partial charge is 0.416 e. The third-order valence-electron chi connectivity index (χ3n) is 3.55. The predicted octanol–water partition coefficient (Wildman–Crippen LogP) is 5.30. The Morgan fingerprint density at radius 3 is 2.77 bits per heavy atom. The molecule has 0 amide bonds. The second-order valence-corrected chi connectivity index (χ2v) is 7.18. The Balaban J connectivity index is 1.74. The molecule has 0 saturated heterocycles. The molecule has 0 atom stereocenters. The number of nitrogens with one attached hydrogen (secondary N) is 1. The zero-order chi connectivity index (χ0) is 18.7. The van der Waals surface area contributed by atoms with E-state index < -0.39 is 11.7 Å². The van der Waals surface area contributed by atoms with Gasteiger partial charge in [-0.15, -0.1) is 0 Å². The van der Waals surface area contributed by atoms with Crippen LogP contribution in [0.15, 0.2) is 41.7 Å². The molecule has 0 aliphatic rings. The first-order valence-electron chi connectivity index (χ1n) is 8.09. The molecule has 0 aliphatic heterocycles. The summed E-state index contributed by atoms with van der Waals surface area (Å²) in [5, 5.41) is 0.541. The number of rotatable bonds is 6. The highest BCUT2D eigenvalue weighted by Crippen LogP contribution is 2.32. The van der Waals surface area contributed by atoms with E-state index in [-0.39, 0.29) is 0 Å². The Labute approximate surface area is 153 Å². The zero-order valence-electron chi connectivity index (χ0n) is 14.3. The van der Waals surface area contributed by atoms with Gasteiger partial charge in [0, 0.05) is 11.9 Å². The monoisotopic (exact) mass is 381 g/mol. The zero-order valence-corrected chi connectivity index (χ0v) is 15.1. The first kappa shape index (κ1) is 18.6. The van der Waals surface area contributed by atoms with E-state index in [1.807, 2.05) is 12.1 Å². The highest BCUT2D eigenvalue weighted by molar-refractivity contribution is 7.98. The van der Waals surface area contributed by atoms with E-state index >= 15 is 0 Å². The fourth-order valence-electron chi connectivity index (χ4n) is 2.29. The number of thioether (sulfide) groups is 1. The first-order valence-corrected chi connectivity index (χ1v) is 9.08. The molecule has 0 spiro atoms. The molecule has 138 valence electrons. The van der Waals surface area contributed by atoms with Crippen LogP contribution >= 0.6 is 11.8 Å². The van der Waals surface area contributed by atoms with Gasteiger partial charge in [-0.3, -0.25) is 4.98 Å². The van der Waals surface area contributed by atoms with Crippen LogP contribution in [0.5, 0.6) is 5.75 Å². The topological polar surface area (TPSA) is 50.8 Å². The molecule has 4 nitrogen and oxygen atoms in total. The number of hydrogen-bond acceptors (Lipinski definition) is 4. The summed E-state index contributed by atoms with van der Waals surface area (Å²) in [6, 6.07) is 7.15. The number of aromatic amines is 1. The lowest BCUT2D eigenvalue weighted by Gasteiger charge is -2.11. The number of aromatic nitrogens is 3. The van der Waals surface area contributed by atoms with Crippen molar-refractivity contribution in [2.75, 3.05) is 6.61 Å². The number of alkyl halides is 3. The van der Waals surface area contributed by atoms with Gasteiger partial charge >= 0.3 is 6.18 Å². The molecule has 2 heterocycles. The Morgan fingerprint density at radius 2 is 2.04 bits per heavy atom. The second kappa shape index (κ2) is 7.57. The van der Waals surface area contributed by atoms with Gasteiger partial charge < -0.3 is 9.72 Å². The SMILES string of the molecule is CC(C)COc1cccnc1CSc1nc2ccc(C(F)(F)F)cc2[nH]1. The largest absolute Gasteiger partial charge is 0.491 e. The van der Waals surface area contributed by atoms with Gasteiger partial charge in [0.2, 0.25) is 0 Å². The lowest BCUT2D eigenvalue weighted by Crippen LogP contribution is -2.06. The Hall–Kier alpha value is -2.22. The van der Waals surface area contributed by atoms with Crippen molar-refractivity contribution < 1.29 is 17.9 Å². The van der Waals surface area contributed by atoms with E-state index in [0.717, 1.165) is 17.8 Å². The molecule has 1 N–H and O–H groups in total. The summed E-state index contributed by atoms with van der Waals surface area (Å²) in [4.78, 5) is 11.6. The van der Waals surface area contributed by atoms with Crippen molar-refractivity contribution in [2.45, 2.75) is 30.9 Å². The normalized spacial score (nSPS) is 12.1. The summed E-state index contributed by atoms with van der Waals surface area (Å²) < 4.78 is 44.2. The predicted molar refractivity (Wildman–Crippen MR) is 95.2 cm³/mol. The lowest BCUT2D eigenvalue weighted by atomic mass is 10.2. The van der Waals surface area contributed by atoms with Gasteiger partial charge in [-0.05, 0) is 36.2 Å². The molecule has 3 aromatic rings. The van der Waals surface area contributed by atoms with E-state index in [1.54, 1.807) is 6.20 Å². The van der Waals surface area contributed by atoms with Crippen molar-refractivity contribution in [2.24, 2.45) is 5.92 Å². The minimum Gasteiger partial charge on any atom is -0.491 e. The van der Waals surface area contributed by atoms with Crippen molar-refractivity contribution in [1.29, 1.82) is 0 Å². The molecular weight excluding hydrogens is 363 g/mol. The Kier molecular flexibility index (Phi) is 5.41. The van der Waals surface area contributed by atoms with Gasteiger partial charge in [-0.2, -0.15) is 13.2 Å². The number of imidazole rings is 1. The minimum absolute atomic E-state index is 0.361. The van der Waals surface area contributed by atoms with Crippen molar-refractivity contribution >= 4 is 22.8 Å². The van der Waals surface area contributed by atoms with Gasteiger partial charge in [0.1, 0.15) is 5.75 Å². The van der Waals surface area contributed by atoms with Crippen LogP contribution in [-0.2, 0) is 11.9 Å². The van der Waals surface area contributed by atoms with Crippen LogP contribution in [0.3, 0.4) is 0 Å². The summed E-state index contributed by atoms with van der Waals surface area (Å²) in [7, 11) is 0. The molecular formula is C18H18F3N3OS. The highest BCUT2D eigenvalue weighted by atomic mass is 32.2. The van der Waals surface area contributed by atoms with E-state index in [9.17, 15) is 13.2 Å². The maximum Gasteiger partial charge on any atom is 0.416 e. The number of halogens is 3. The van der Waals surface area contributed by atoms with Gasteiger partial charge in [-0.25, -0.2) is 4.98 Å². The average Bonchev–Trinajstić information content (AvgIpc) is 3.00. The fourth-order valence-corrected chi connectivity index (χ4v) is 3.12. The summed E-state index contributed by atoms with van der Waals surface area (Å²) in [6.45, 7) is 4.72. The summed E-state index contributed by atoms with van der Waals surface area (Å²) in [6.07, 6.45) is -2.68. The molecule has 2 aromatic heterocycles. The van der Waals surface area contributed by atoms with Gasteiger partial charge in [0.25, 0.3) is 0 Å². The molecule has 3 rings (SSSR count). The van der Waals surface area contributed by atoms with Gasteiger partial charge in [0.05, 0.1) is 28.9 Å². The maximum atomic E-state index is 12.8. The van der Waals surface area contributed by atoms with Crippen LogP contribution in [-0.4, -0.2) is 21.6 Å². The van der Waals surface area contributed by atoms with Crippen LogP contribution in [0.4, 0.5) is 13.2 Å². The van der Waals surface area contributed by atoms with Crippen LogP contribution in [0, 0.1) is 5.92 Å². The highest BCUT2D eigenvalue weighted by Gasteiger charge is 2.30. The molecule has 1 aromatic carbocycles. The summed E-state index contributed by atoms with van der Waals surface area (Å²) >= 11 is 1.37. The molecule has 0 radical (unpaired) electrons. The third kappa shape index (κ3) is 4.49. The molecule has 0 aliphatic carbocycles. The Bertz CT molecular complexity index is 893. The number of fused-ring (bicyclic) bond motifs is 1. The standard InChI is InChI=1S/C18H18F3N3OS/c1-11(2)9-25-16-4-3-7-22-15(16)10-26-17-23-13-6-5-12(18(19,20)21)8-14(13)24-17/h3-8,11H,9-10H2,1-2H3,(H,23,24). The average molecular weight is 381 g/mol. The first-order chi connectivity index (χ1) is 12.3. The number of hydrogen-bond donors (Lipinski definition) is 1. The maximum absolute atomic E-state index is 12.8. The van der Waals surface area contributed by atoms with E-state index in [1.165, 1.54) is 17.8 Å². The lowest BCUT2D eigenvalue weighted by molar-refractivity contribution is -0.137. The molecule has 26 heavy (non-hydrogen) atoms. The summed E-state index contributed by atoms with van der Waals surface area (Å²) in [5.41, 5.74) is 0.936. The molecule has 8 heteroatoms. The third-order valence-corrected chi connectivity index (χ3v) is 4.44. The molecule has 0 unspecified atom stereocenters. The van der Waals surface area contributed by atoms with E-state index in [2.05, 4.69) is 28.8 Å². The van der Waals surface area contributed by atoms with Crippen LogP contribution < -0.4 is 4.74 Å². The summed E-state index contributed by atoms with van der Waals surface area (Å²) in [5.74, 6) is 1.61. The van der Waals surface area contributed by atoms with E-state index in [4.69, 9.17) is 4.74 Å². The van der Waals surface area contributed by atoms with Gasteiger partial charge in [-0.1, -0.05) is 25.6 Å². The van der Waals surface area contributed by atoms with Crippen LogP contribution in [0.25, 0.3) is 11.0 Å². The number of nitrogens with zero attached hydrogens (tertiary/aromatic N) is 2. The fraction of sp³-hybridized carbons (Fsp3) is 0.333. The van der Waals surface area contributed by atoms with E-state index in [0.29, 0.717) is 40.2 Å². The molecule has 0 fully saturated rings. The number of H-pyrrole nitrogens is 1. The van der Waals surface area contributed by atoms with Crippen molar-refractivity contribution in [3.8, 4) is 5.75 Å². The molecule has 0 bridgehead atoms. The Morgan fingerprint density at radius 1 is 1.23 bits per heavy atom. The van der Waals surface area contributed by atoms with Crippen molar-refractivity contribution in [3.63, 3.8) is 0 Å². The number of ether oxygens (including phenoxy) is 1. The quantitative estimate of drug-likeness (QED) is 0.589. The second-order valence-electron chi connectivity index (χ2n) is 6.21. The molecule has 0 saturated carbocycles. The van der Waals surface area contributed by atoms with Gasteiger partial charge in [0.15, 0.2) is 5.16 Å². The number of pyridine rings is 1.